The van der Waals surface area contributed by atoms with E-state index < -0.39 is 17.1 Å². The molecule has 0 aliphatic heterocycles. The second-order valence-electron chi connectivity index (χ2n) is 6.39. The van der Waals surface area contributed by atoms with Gasteiger partial charge in [-0.1, -0.05) is 30.3 Å². The van der Waals surface area contributed by atoms with Crippen LogP contribution in [0.5, 0.6) is 0 Å². The molecule has 0 radical (unpaired) electrons. The average molecular weight is 440 g/mol. The molecular weight excluding hydrogens is 421 g/mol. The number of imidazole rings is 1. The number of aromatic nitrogens is 4. The van der Waals surface area contributed by atoms with Crippen LogP contribution in [0.3, 0.4) is 0 Å². The molecule has 0 aliphatic rings. The number of halogens is 2. The Morgan fingerprint density at radius 1 is 1.28 bits per heavy atom. The van der Waals surface area contributed by atoms with E-state index in [4.69, 9.17) is 11.6 Å². The summed E-state index contributed by atoms with van der Waals surface area (Å²) < 4.78 is 17.3. The topological polar surface area (TPSA) is 90.9 Å². The minimum absolute atomic E-state index is 0.0102. The van der Waals surface area contributed by atoms with E-state index in [0.29, 0.717) is 22.9 Å². The van der Waals surface area contributed by atoms with Crippen molar-refractivity contribution >= 4 is 46.1 Å². The van der Waals surface area contributed by atoms with E-state index in [1.54, 1.807) is 11.6 Å². The minimum Gasteiger partial charge on any atom is -0.325 e. The summed E-state index contributed by atoms with van der Waals surface area (Å²) in [6, 6.07) is 3.91. The Labute approximate surface area is 174 Å². The molecule has 0 unspecified atom stereocenters. The third kappa shape index (κ3) is 4.08. The maximum atomic E-state index is 13.2. The quantitative estimate of drug-likeness (QED) is 0.595. The van der Waals surface area contributed by atoms with Crippen LogP contribution in [-0.2, 0) is 25.4 Å². The van der Waals surface area contributed by atoms with Crippen LogP contribution in [0.1, 0.15) is 13.3 Å². The number of nitrogens with one attached hydrogen (secondary N) is 1. The van der Waals surface area contributed by atoms with E-state index in [9.17, 15) is 18.8 Å². The molecule has 11 heteroatoms. The Bertz CT molecular complexity index is 1220. The van der Waals surface area contributed by atoms with E-state index >= 15 is 0 Å². The van der Waals surface area contributed by atoms with Crippen LogP contribution in [0, 0.1) is 5.82 Å². The maximum Gasteiger partial charge on any atom is 0.332 e. The highest BCUT2D eigenvalue weighted by Crippen LogP contribution is 2.23. The van der Waals surface area contributed by atoms with Gasteiger partial charge in [0, 0.05) is 26.3 Å². The molecule has 2 aromatic heterocycles. The Balaban J connectivity index is 1.88. The molecule has 0 bridgehead atoms. The number of thioether (sulfide) groups is 1. The average Bonchev–Trinajstić information content (AvgIpc) is 3.05. The van der Waals surface area contributed by atoms with Gasteiger partial charge in [0.2, 0.25) is 5.91 Å². The lowest BCUT2D eigenvalue weighted by Gasteiger charge is -2.08. The fourth-order valence-corrected chi connectivity index (χ4v) is 3.87. The number of hydrogen-bond acceptors (Lipinski definition) is 5. The predicted octanol–water partition coefficient (Wildman–Crippen LogP) is 2.37. The van der Waals surface area contributed by atoms with Crippen molar-refractivity contribution in [2.24, 2.45) is 14.1 Å². The lowest BCUT2D eigenvalue weighted by Crippen LogP contribution is -2.37. The fourth-order valence-electron chi connectivity index (χ4n) is 2.87. The van der Waals surface area contributed by atoms with Crippen molar-refractivity contribution in [2.75, 3.05) is 11.1 Å². The molecule has 8 nitrogen and oxygen atoms in total. The molecule has 3 aromatic rings. The molecule has 0 fully saturated rings. The summed E-state index contributed by atoms with van der Waals surface area (Å²) in [6.45, 7) is 2.47. The van der Waals surface area contributed by atoms with E-state index in [0.717, 1.165) is 22.7 Å². The van der Waals surface area contributed by atoms with Gasteiger partial charge in [-0.3, -0.25) is 18.7 Å². The molecule has 0 spiro atoms. The smallest absolute Gasteiger partial charge is 0.325 e. The monoisotopic (exact) mass is 439 g/mol. The highest BCUT2D eigenvalue weighted by Gasteiger charge is 2.19. The van der Waals surface area contributed by atoms with Crippen molar-refractivity contribution in [1.82, 2.24) is 18.7 Å². The maximum absolute atomic E-state index is 13.2. The second-order valence-corrected chi connectivity index (χ2v) is 7.74. The van der Waals surface area contributed by atoms with Crippen LogP contribution in [0.15, 0.2) is 32.9 Å². The standard InChI is InChI=1S/C18H19ClFN5O3S/c1-4-7-25-14-15(23(2)18(28)24(3)16(14)27)22-17(25)29-9-13(26)21-10-5-6-12(20)11(19)8-10/h5-6,8H,4,7,9H2,1-3H3,(H,21,26). The number of rotatable bonds is 6. The number of carbonyl (C=O) groups excluding carboxylic acids is 1. The van der Waals surface area contributed by atoms with Crippen LogP contribution < -0.4 is 16.6 Å². The summed E-state index contributed by atoms with van der Waals surface area (Å²) >= 11 is 6.87. The van der Waals surface area contributed by atoms with Gasteiger partial charge in [0.1, 0.15) is 5.82 Å². The molecule has 1 amide bonds. The van der Waals surface area contributed by atoms with Gasteiger partial charge in [-0.25, -0.2) is 14.2 Å². The summed E-state index contributed by atoms with van der Waals surface area (Å²) in [5.41, 5.74) is 0.0808. The molecule has 1 aromatic carbocycles. The molecule has 29 heavy (non-hydrogen) atoms. The van der Waals surface area contributed by atoms with Gasteiger partial charge < -0.3 is 9.88 Å². The van der Waals surface area contributed by atoms with Crippen LogP contribution >= 0.6 is 23.4 Å². The lowest BCUT2D eigenvalue weighted by molar-refractivity contribution is -0.113. The van der Waals surface area contributed by atoms with E-state index in [1.807, 2.05) is 6.92 Å². The Hall–Kier alpha value is -2.59. The molecule has 0 saturated carbocycles. The number of aryl methyl sites for hydroxylation is 2. The molecule has 2 heterocycles. The number of fused-ring (bicyclic) bond motifs is 1. The van der Waals surface area contributed by atoms with E-state index in [2.05, 4.69) is 10.3 Å². The van der Waals surface area contributed by atoms with Crippen molar-refractivity contribution < 1.29 is 9.18 Å². The number of benzene rings is 1. The van der Waals surface area contributed by atoms with Crippen molar-refractivity contribution in [3.8, 4) is 0 Å². The Morgan fingerprint density at radius 2 is 2.00 bits per heavy atom. The third-order valence-electron chi connectivity index (χ3n) is 4.30. The van der Waals surface area contributed by atoms with Gasteiger partial charge in [-0.15, -0.1) is 0 Å². The largest absolute Gasteiger partial charge is 0.332 e. The summed E-state index contributed by atoms with van der Waals surface area (Å²) in [6.07, 6.45) is 0.741. The van der Waals surface area contributed by atoms with Crippen LogP contribution in [0.25, 0.3) is 11.2 Å². The van der Waals surface area contributed by atoms with E-state index in [-0.39, 0.29) is 22.3 Å². The molecule has 1 N–H and O–H groups in total. The number of carbonyl (C=O) groups is 1. The number of anilines is 1. The highest BCUT2D eigenvalue weighted by molar-refractivity contribution is 7.99. The Morgan fingerprint density at radius 3 is 2.66 bits per heavy atom. The molecule has 0 saturated heterocycles. The molecular formula is C18H19ClFN5O3S. The first-order chi connectivity index (χ1) is 13.7. The zero-order chi connectivity index (χ0) is 21.3. The number of nitrogens with zero attached hydrogens (tertiary/aromatic N) is 4. The lowest BCUT2D eigenvalue weighted by atomic mass is 10.3. The van der Waals surface area contributed by atoms with E-state index in [1.165, 1.54) is 29.8 Å². The summed E-state index contributed by atoms with van der Waals surface area (Å²) in [4.78, 5) is 41.5. The van der Waals surface area contributed by atoms with Gasteiger partial charge in [-0.05, 0) is 24.6 Å². The van der Waals surface area contributed by atoms with Crippen molar-refractivity contribution in [3.63, 3.8) is 0 Å². The van der Waals surface area contributed by atoms with Gasteiger partial charge >= 0.3 is 5.69 Å². The predicted molar refractivity (Wildman–Crippen MR) is 111 cm³/mol. The van der Waals surface area contributed by atoms with Gasteiger partial charge in [0.25, 0.3) is 5.56 Å². The summed E-state index contributed by atoms with van der Waals surface area (Å²) in [5, 5.41) is 3.02. The minimum atomic E-state index is -0.570. The van der Waals surface area contributed by atoms with Crippen LogP contribution in [0.2, 0.25) is 5.02 Å². The second kappa shape index (κ2) is 8.42. The van der Waals surface area contributed by atoms with Crippen LogP contribution in [-0.4, -0.2) is 30.3 Å². The first kappa shape index (κ1) is 21.1. The SMILES string of the molecule is CCCn1c(SCC(=O)Nc2ccc(F)c(Cl)c2)nc2c1c(=O)n(C)c(=O)n2C. The van der Waals surface area contributed by atoms with Crippen molar-refractivity contribution in [1.29, 1.82) is 0 Å². The third-order valence-corrected chi connectivity index (χ3v) is 5.56. The zero-order valence-electron chi connectivity index (χ0n) is 16.0. The highest BCUT2D eigenvalue weighted by atomic mass is 35.5. The Kier molecular flexibility index (Phi) is 6.13. The molecule has 154 valence electrons. The molecule has 0 aliphatic carbocycles. The van der Waals surface area contributed by atoms with Crippen molar-refractivity contribution in [3.05, 3.63) is 49.9 Å². The zero-order valence-corrected chi connectivity index (χ0v) is 17.6. The van der Waals surface area contributed by atoms with Crippen LogP contribution in [0.4, 0.5) is 10.1 Å². The van der Waals surface area contributed by atoms with Gasteiger partial charge in [0.05, 0.1) is 10.8 Å². The number of hydrogen-bond donors (Lipinski definition) is 1. The first-order valence-corrected chi connectivity index (χ1v) is 10.1. The number of amides is 1. The normalized spacial score (nSPS) is 11.2. The van der Waals surface area contributed by atoms with Gasteiger partial charge in [0.15, 0.2) is 16.3 Å². The van der Waals surface area contributed by atoms with Gasteiger partial charge in [-0.2, -0.15) is 0 Å². The first-order valence-electron chi connectivity index (χ1n) is 8.78. The molecule has 3 rings (SSSR count). The summed E-state index contributed by atoms with van der Waals surface area (Å²) in [7, 11) is 2.97. The summed E-state index contributed by atoms with van der Waals surface area (Å²) in [5.74, 6) is -0.898. The van der Waals surface area contributed by atoms with Crippen molar-refractivity contribution in [2.45, 2.75) is 25.0 Å². The molecule has 0 atom stereocenters. The fraction of sp³-hybridized carbons (Fsp3) is 0.333.